The lowest BCUT2D eigenvalue weighted by Crippen LogP contribution is -2.40. The van der Waals surface area contributed by atoms with Gasteiger partial charge < -0.3 is 25.2 Å². The maximum absolute atomic E-state index is 12.8. The van der Waals surface area contributed by atoms with Gasteiger partial charge in [-0.3, -0.25) is 9.48 Å². The van der Waals surface area contributed by atoms with E-state index in [0.29, 0.717) is 46.8 Å². The summed E-state index contributed by atoms with van der Waals surface area (Å²) in [5.74, 6) is 0.465. The monoisotopic (exact) mass is 454 g/mol. The number of aromatic nitrogens is 5. The number of amides is 2. The van der Waals surface area contributed by atoms with Gasteiger partial charge in [0.15, 0.2) is 23.1 Å². The number of hydrogen-bond donors (Lipinski definition) is 3. The SMILES string of the molecule is COc1c(Nc2cc(NC3COC3)nnc2C(=O)N(C)C(=O)O)cccc1-c1ncn(C)n1. The summed E-state index contributed by atoms with van der Waals surface area (Å²) < 4.78 is 12.3. The third kappa shape index (κ3) is 4.52. The number of methoxy groups -OCH3 is 1. The number of ether oxygens (including phenoxy) is 2. The predicted octanol–water partition coefficient (Wildman–Crippen LogP) is 1.58. The van der Waals surface area contributed by atoms with Crippen molar-refractivity contribution in [2.45, 2.75) is 6.04 Å². The van der Waals surface area contributed by atoms with Crippen molar-refractivity contribution >= 4 is 29.2 Å². The van der Waals surface area contributed by atoms with E-state index < -0.39 is 12.0 Å². The molecular weight excluding hydrogens is 432 g/mol. The highest BCUT2D eigenvalue weighted by Crippen LogP contribution is 2.37. The second kappa shape index (κ2) is 9.08. The fourth-order valence-corrected chi connectivity index (χ4v) is 3.13. The van der Waals surface area contributed by atoms with Crippen molar-refractivity contribution in [2.24, 2.45) is 7.05 Å². The summed E-state index contributed by atoms with van der Waals surface area (Å²) >= 11 is 0. The maximum Gasteiger partial charge on any atom is 0.414 e. The number of hydrogen-bond acceptors (Lipinski definition) is 10. The molecule has 0 atom stereocenters. The fourth-order valence-electron chi connectivity index (χ4n) is 3.13. The number of nitrogens with one attached hydrogen (secondary N) is 2. The van der Waals surface area contributed by atoms with Crippen molar-refractivity contribution in [3.05, 3.63) is 36.3 Å². The Morgan fingerprint density at radius 2 is 2.06 bits per heavy atom. The number of rotatable bonds is 7. The molecule has 33 heavy (non-hydrogen) atoms. The highest BCUT2D eigenvalue weighted by atomic mass is 16.5. The first-order valence-corrected chi connectivity index (χ1v) is 9.90. The first-order valence-electron chi connectivity index (χ1n) is 9.90. The largest absolute Gasteiger partial charge is 0.494 e. The van der Waals surface area contributed by atoms with E-state index in [1.807, 2.05) is 0 Å². The van der Waals surface area contributed by atoms with Crippen LogP contribution in [0.2, 0.25) is 0 Å². The first kappa shape index (κ1) is 22.0. The Balaban J connectivity index is 1.74. The summed E-state index contributed by atoms with van der Waals surface area (Å²) in [6.07, 6.45) is 0.157. The molecule has 0 radical (unpaired) electrons. The van der Waals surface area contributed by atoms with E-state index in [9.17, 15) is 14.7 Å². The molecule has 4 rings (SSSR count). The molecule has 0 aliphatic carbocycles. The van der Waals surface area contributed by atoms with Crippen LogP contribution in [0.5, 0.6) is 5.75 Å². The summed E-state index contributed by atoms with van der Waals surface area (Å²) in [6, 6.07) is 6.98. The zero-order chi connectivity index (χ0) is 23.5. The second-order valence-corrected chi connectivity index (χ2v) is 7.27. The molecule has 1 aromatic carbocycles. The number of carboxylic acid groups (broad SMARTS) is 1. The van der Waals surface area contributed by atoms with Crippen LogP contribution in [-0.2, 0) is 11.8 Å². The molecule has 2 amide bonds. The van der Waals surface area contributed by atoms with Gasteiger partial charge in [-0.15, -0.1) is 10.2 Å². The molecule has 1 fully saturated rings. The lowest BCUT2D eigenvalue weighted by atomic mass is 10.1. The first-order chi connectivity index (χ1) is 15.9. The van der Waals surface area contributed by atoms with E-state index in [1.165, 1.54) is 7.11 Å². The summed E-state index contributed by atoms with van der Waals surface area (Å²) in [5, 5.41) is 27.8. The van der Waals surface area contributed by atoms with Crippen molar-refractivity contribution < 1.29 is 24.2 Å². The van der Waals surface area contributed by atoms with E-state index in [-0.39, 0.29) is 17.4 Å². The molecule has 2 aromatic heterocycles. The molecule has 13 heteroatoms. The Morgan fingerprint density at radius 1 is 1.27 bits per heavy atom. The molecule has 0 saturated carbocycles. The van der Waals surface area contributed by atoms with Gasteiger partial charge in [0.25, 0.3) is 5.91 Å². The molecular formula is C20H22N8O5. The lowest BCUT2D eigenvalue weighted by Gasteiger charge is -2.27. The molecule has 0 bridgehead atoms. The van der Waals surface area contributed by atoms with Gasteiger partial charge in [0.05, 0.1) is 43.3 Å². The molecule has 3 aromatic rings. The molecule has 0 spiro atoms. The average Bonchev–Trinajstić information content (AvgIpc) is 3.21. The fraction of sp³-hybridized carbons (Fsp3) is 0.300. The van der Waals surface area contributed by atoms with Gasteiger partial charge in [0.1, 0.15) is 6.33 Å². The van der Waals surface area contributed by atoms with Crippen LogP contribution in [0.3, 0.4) is 0 Å². The average molecular weight is 454 g/mol. The third-order valence-electron chi connectivity index (χ3n) is 4.91. The number of nitrogens with zero attached hydrogens (tertiary/aromatic N) is 6. The zero-order valence-electron chi connectivity index (χ0n) is 18.1. The predicted molar refractivity (Wildman–Crippen MR) is 117 cm³/mol. The Bertz CT molecular complexity index is 1190. The number of aryl methyl sites for hydroxylation is 1. The molecule has 172 valence electrons. The number of anilines is 3. The van der Waals surface area contributed by atoms with Gasteiger partial charge >= 0.3 is 6.09 Å². The molecule has 1 saturated heterocycles. The quantitative estimate of drug-likeness (QED) is 0.476. The van der Waals surface area contributed by atoms with Crippen molar-refractivity contribution in [1.29, 1.82) is 0 Å². The Morgan fingerprint density at radius 3 is 2.67 bits per heavy atom. The van der Waals surface area contributed by atoms with E-state index in [1.54, 1.807) is 42.3 Å². The zero-order valence-corrected chi connectivity index (χ0v) is 18.1. The van der Waals surface area contributed by atoms with Gasteiger partial charge in [-0.1, -0.05) is 6.07 Å². The Kier molecular flexibility index (Phi) is 6.04. The number of para-hydroxylation sites is 1. The summed E-state index contributed by atoms with van der Waals surface area (Å²) in [7, 11) is 4.40. The minimum absolute atomic E-state index is 0.0727. The van der Waals surface area contributed by atoms with Crippen molar-refractivity contribution in [3.8, 4) is 17.1 Å². The van der Waals surface area contributed by atoms with E-state index in [4.69, 9.17) is 9.47 Å². The van der Waals surface area contributed by atoms with Crippen molar-refractivity contribution in [1.82, 2.24) is 29.9 Å². The number of carbonyl (C=O) groups is 2. The molecule has 1 aliphatic heterocycles. The van der Waals surface area contributed by atoms with Gasteiger partial charge in [-0.2, -0.15) is 5.10 Å². The number of carbonyl (C=O) groups excluding carboxylic acids is 1. The van der Waals surface area contributed by atoms with Gasteiger partial charge in [-0.25, -0.2) is 14.7 Å². The summed E-state index contributed by atoms with van der Waals surface area (Å²) in [6.45, 7) is 1.06. The van der Waals surface area contributed by atoms with Crippen LogP contribution in [0.4, 0.5) is 22.0 Å². The van der Waals surface area contributed by atoms with Crippen LogP contribution in [0.15, 0.2) is 30.6 Å². The van der Waals surface area contributed by atoms with E-state index in [2.05, 4.69) is 30.9 Å². The summed E-state index contributed by atoms with van der Waals surface area (Å²) in [5.41, 5.74) is 1.21. The maximum atomic E-state index is 12.8. The molecule has 3 N–H and O–H groups in total. The molecule has 13 nitrogen and oxygen atoms in total. The third-order valence-corrected chi connectivity index (χ3v) is 4.91. The lowest BCUT2D eigenvalue weighted by molar-refractivity contribution is 0.0209. The molecule has 1 aliphatic rings. The highest BCUT2D eigenvalue weighted by Gasteiger charge is 2.26. The molecule has 0 unspecified atom stereocenters. The standard InChI is InChI=1S/C20H22N8O5/c1-27-10-21-18(26-27)12-5-4-6-13(17(12)32-3)23-14-7-15(22-11-8-33-9-11)24-25-16(14)19(29)28(2)20(30)31/h4-7,10-11H,8-9H2,1-3H3,(H,30,31)(H2,22,23,24). The summed E-state index contributed by atoms with van der Waals surface area (Å²) in [4.78, 5) is 28.9. The van der Waals surface area contributed by atoms with Gasteiger partial charge in [-0.05, 0) is 12.1 Å². The topological polar surface area (TPSA) is 157 Å². The van der Waals surface area contributed by atoms with Crippen LogP contribution in [0, 0.1) is 0 Å². The second-order valence-electron chi connectivity index (χ2n) is 7.27. The van der Waals surface area contributed by atoms with Crippen LogP contribution < -0.4 is 15.4 Å². The van der Waals surface area contributed by atoms with E-state index in [0.717, 1.165) is 7.05 Å². The van der Waals surface area contributed by atoms with Crippen LogP contribution in [0.25, 0.3) is 11.4 Å². The van der Waals surface area contributed by atoms with Crippen LogP contribution in [-0.4, -0.2) is 80.4 Å². The number of benzene rings is 1. The Labute approximate surface area is 188 Å². The van der Waals surface area contributed by atoms with Gasteiger partial charge in [0.2, 0.25) is 0 Å². The number of imide groups is 1. The van der Waals surface area contributed by atoms with Crippen LogP contribution in [0.1, 0.15) is 10.5 Å². The minimum atomic E-state index is -1.41. The van der Waals surface area contributed by atoms with Crippen LogP contribution >= 0.6 is 0 Å². The highest BCUT2D eigenvalue weighted by molar-refractivity contribution is 6.05. The van der Waals surface area contributed by atoms with Crippen molar-refractivity contribution in [3.63, 3.8) is 0 Å². The smallest absolute Gasteiger partial charge is 0.414 e. The van der Waals surface area contributed by atoms with Crippen molar-refractivity contribution in [2.75, 3.05) is 38.0 Å². The minimum Gasteiger partial charge on any atom is -0.494 e. The normalized spacial score (nSPS) is 13.2. The Hall–Kier alpha value is -4.26. The van der Waals surface area contributed by atoms with Gasteiger partial charge in [0, 0.05) is 20.2 Å². The van der Waals surface area contributed by atoms with E-state index >= 15 is 0 Å². The molecule has 3 heterocycles.